The van der Waals surface area contributed by atoms with Crippen molar-refractivity contribution in [1.29, 1.82) is 0 Å². The highest BCUT2D eigenvalue weighted by Crippen LogP contribution is 2.26. The Kier molecular flexibility index (Phi) is 6.40. The minimum Gasteiger partial charge on any atom is -0.234 e. The molecule has 0 N–H and O–H groups in total. The Morgan fingerprint density at radius 3 is 2.23 bits per heavy atom. The summed E-state index contributed by atoms with van der Waals surface area (Å²) in [6, 6.07) is 6.00. The van der Waals surface area contributed by atoms with Gasteiger partial charge in [0.15, 0.2) is 0 Å². The van der Waals surface area contributed by atoms with Crippen LogP contribution in [0.4, 0.5) is 0 Å². The molecule has 0 radical (unpaired) electrons. The van der Waals surface area contributed by atoms with Crippen molar-refractivity contribution in [3.63, 3.8) is 0 Å². The molecule has 0 aliphatic rings. The monoisotopic (exact) mass is 341 g/mol. The van der Waals surface area contributed by atoms with E-state index in [4.69, 9.17) is 11.6 Å². The average Bonchev–Trinajstić information content (AvgIpc) is 2.34. The molecule has 0 unspecified atom stereocenters. The van der Waals surface area contributed by atoms with Crippen molar-refractivity contribution in [2.24, 2.45) is 9.81 Å². The first-order chi connectivity index (χ1) is 9.90. The van der Waals surface area contributed by atoms with Crippen LogP contribution >= 0.6 is 11.6 Å². The van der Waals surface area contributed by atoms with Crippen molar-refractivity contribution in [3.05, 3.63) is 34.3 Å². The van der Waals surface area contributed by atoms with Gasteiger partial charge >= 0.3 is 0 Å². The molecule has 22 heavy (non-hydrogen) atoms. The first-order valence-corrected chi connectivity index (χ1v) is 9.15. The van der Waals surface area contributed by atoms with E-state index in [0.717, 1.165) is 34.7 Å². The van der Waals surface area contributed by atoms with Gasteiger partial charge in [-0.1, -0.05) is 44.5 Å². The van der Waals surface area contributed by atoms with E-state index in [1.165, 1.54) is 0 Å². The molecule has 0 saturated heterocycles. The standard InChI is InChI=1S/C18H28ClNOS/c1-13(20-22(21)18(5,6)7)15-9-8-14(16(19)12-15)10-11-17(2,3)4/h8-9,12H,10-11H2,1-7H3/t22-/m1/s1. The number of hydrogen-bond acceptors (Lipinski definition) is 1. The number of benzene rings is 1. The highest BCUT2D eigenvalue weighted by atomic mass is 35.5. The fourth-order valence-corrected chi connectivity index (χ4v) is 2.70. The third-order valence-corrected chi connectivity index (χ3v) is 5.20. The molecule has 1 aromatic carbocycles. The van der Waals surface area contributed by atoms with Crippen molar-refractivity contribution in [2.75, 3.05) is 0 Å². The molecule has 1 rings (SSSR count). The average molecular weight is 342 g/mol. The second-order valence-electron chi connectivity index (χ2n) is 7.91. The van der Waals surface area contributed by atoms with Crippen molar-refractivity contribution in [2.45, 2.75) is 66.1 Å². The fraction of sp³-hybridized carbons (Fsp3) is 0.611. The third-order valence-electron chi connectivity index (χ3n) is 3.36. The highest BCUT2D eigenvalue weighted by Gasteiger charge is 2.19. The maximum atomic E-state index is 12.1. The van der Waals surface area contributed by atoms with Crippen LogP contribution in [0.1, 0.15) is 66.0 Å². The van der Waals surface area contributed by atoms with E-state index in [2.05, 4.69) is 31.2 Å². The predicted molar refractivity (Wildman–Crippen MR) is 99.3 cm³/mol. The normalized spacial score (nSPS) is 15.0. The summed E-state index contributed by atoms with van der Waals surface area (Å²) in [5.41, 5.74) is 3.15. The Hall–Kier alpha value is -0.670. The van der Waals surface area contributed by atoms with Gasteiger partial charge < -0.3 is 0 Å². The van der Waals surface area contributed by atoms with E-state index < -0.39 is 11.0 Å². The van der Waals surface area contributed by atoms with E-state index >= 15 is 0 Å². The second-order valence-corrected chi connectivity index (χ2v) is 10.2. The third kappa shape index (κ3) is 6.21. The summed E-state index contributed by atoms with van der Waals surface area (Å²) in [6.07, 6.45) is 2.06. The van der Waals surface area contributed by atoms with Crippen LogP contribution in [0.2, 0.25) is 5.02 Å². The Morgan fingerprint density at radius 2 is 1.77 bits per heavy atom. The zero-order chi connectivity index (χ0) is 17.1. The number of aryl methyl sites for hydroxylation is 1. The molecule has 1 aromatic rings. The van der Waals surface area contributed by atoms with Gasteiger partial charge in [0.2, 0.25) is 0 Å². The topological polar surface area (TPSA) is 29.4 Å². The van der Waals surface area contributed by atoms with Crippen LogP contribution in [0, 0.1) is 5.41 Å². The molecule has 0 aliphatic heterocycles. The smallest absolute Gasteiger partial charge is 0.145 e. The van der Waals surface area contributed by atoms with Gasteiger partial charge in [-0.2, -0.15) is 4.40 Å². The lowest BCUT2D eigenvalue weighted by Crippen LogP contribution is -2.20. The fourth-order valence-electron chi connectivity index (χ4n) is 1.80. The molecular weight excluding hydrogens is 314 g/mol. The van der Waals surface area contributed by atoms with Gasteiger partial charge in [0.25, 0.3) is 0 Å². The molecule has 4 heteroatoms. The van der Waals surface area contributed by atoms with Crippen LogP contribution in [-0.2, 0) is 17.4 Å². The minimum absolute atomic E-state index is 0.295. The van der Waals surface area contributed by atoms with Crippen LogP contribution in [0.5, 0.6) is 0 Å². The van der Waals surface area contributed by atoms with Gasteiger partial charge in [-0.05, 0) is 63.1 Å². The summed E-state index contributed by atoms with van der Waals surface area (Å²) < 4.78 is 16.1. The second kappa shape index (κ2) is 7.27. The summed E-state index contributed by atoms with van der Waals surface area (Å²) in [5.74, 6) is 0. The first kappa shape index (κ1) is 19.4. The molecule has 0 amide bonds. The molecule has 0 aromatic heterocycles. The minimum atomic E-state index is -1.25. The Labute approximate surface area is 143 Å². The van der Waals surface area contributed by atoms with Gasteiger partial charge in [0, 0.05) is 5.02 Å². The van der Waals surface area contributed by atoms with Crippen LogP contribution in [0.15, 0.2) is 22.6 Å². The number of halogens is 1. The summed E-state index contributed by atoms with van der Waals surface area (Å²) in [6.45, 7) is 14.3. The molecule has 0 aliphatic carbocycles. The molecule has 0 bridgehead atoms. The van der Waals surface area contributed by atoms with Crippen molar-refractivity contribution >= 4 is 28.3 Å². The maximum Gasteiger partial charge on any atom is 0.145 e. The van der Waals surface area contributed by atoms with Crippen molar-refractivity contribution in [1.82, 2.24) is 0 Å². The summed E-state index contributed by atoms with van der Waals surface area (Å²) in [5, 5.41) is 0.762. The molecule has 0 heterocycles. The van der Waals surface area contributed by atoms with Gasteiger partial charge in [0.05, 0.1) is 10.5 Å². The molecule has 2 nitrogen and oxygen atoms in total. The SMILES string of the molecule is CC(=N[S@](=O)C(C)(C)C)c1ccc(CCC(C)(C)C)c(Cl)c1. The lowest BCUT2D eigenvalue weighted by atomic mass is 9.88. The summed E-state index contributed by atoms with van der Waals surface area (Å²) in [4.78, 5) is 0. The lowest BCUT2D eigenvalue weighted by Gasteiger charge is -2.18. The molecular formula is C18H28ClNOS. The summed E-state index contributed by atoms with van der Waals surface area (Å²) >= 11 is 6.40. The van der Waals surface area contributed by atoms with E-state index in [-0.39, 0.29) is 4.75 Å². The van der Waals surface area contributed by atoms with Crippen LogP contribution < -0.4 is 0 Å². The molecule has 0 spiro atoms. The number of hydrogen-bond donors (Lipinski definition) is 0. The quantitative estimate of drug-likeness (QED) is 0.656. The van der Waals surface area contributed by atoms with Gasteiger partial charge in [0.1, 0.15) is 11.0 Å². The van der Waals surface area contributed by atoms with Crippen molar-refractivity contribution in [3.8, 4) is 0 Å². The van der Waals surface area contributed by atoms with Gasteiger partial charge in [-0.25, -0.2) is 4.21 Å². The Bertz CT molecular complexity index is 580. The molecule has 0 saturated carbocycles. The molecule has 0 fully saturated rings. The number of rotatable bonds is 4. The highest BCUT2D eigenvalue weighted by molar-refractivity contribution is 7.85. The van der Waals surface area contributed by atoms with Gasteiger partial charge in [-0.3, -0.25) is 0 Å². The lowest BCUT2D eigenvalue weighted by molar-refractivity contribution is 0.378. The zero-order valence-electron chi connectivity index (χ0n) is 14.8. The molecule has 1 atom stereocenters. The van der Waals surface area contributed by atoms with E-state index in [1.807, 2.05) is 39.8 Å². The van der Waals surface area contributed by atoms with E-state index in [1.54, 1.807) is 0 Å². The molecule has 124 valence electrons. The summed E-state index contributed by atoms with van der Waals surface area (Å²) in [7, 11) is -1.25. The first-order valence-electron chi connectivity index (χ1n) is 7.66. The van der Waals surface area contributed by atoms with E-state index in [0.29, 0.717) is 5.41 Å². The van der Waals surface area contributed by atoms with Gasteiger partial charge in [-0.15, -0.1) is 0 Å². The van der Waals surface area contributed by atoms with Crippen LogP contribution in [-0.4, -0.2) is 14.7 Å². The Morgan fingerprint density at radius 1 is 1.18 bits per heavy atom. The van der Waals surface area contributed by atoms with Crippen LogP contribution in [0.25, 0.3) is 0 Å². The maximum absolute atomic E-state index is 12.1. The zero-order valence-corrected chi connectivity index (χ0v) is 16.4. The number of nitrogens with zero attached hydrogens (tertiary/aromatic N) is 1. The van der Waals surface area contributed by atoms with Crippen molar-refractivity contribution < 1.29 is 4.21 Å². The largest absolute Gasteiger partial charge is 0.234 e. The Balaban J connectivity index is 2.93. The van der Waals surface area contributed by atoms with E-state index in [9.17, 15) is 4.21 Å². The predicted octanol–water partition coefficient (Wildman–Crippen LogP) is 5.59. The van der Waals surface area contributed by atoms with Crippen LogP contribution in [0.3, 0.4) is 0 Å².